The average Bonchev–Trinajstić information content (AvgIpc) is 2.91. The van der Waals surface area contributed by atoms with E-state index in [1.165, 1.54) is 17.9 Å². The number of carbonyl (C=O) groups excluding carboxylic acids is 3. The van der Waals surface area contributed by atoms with E-state index < -0.39 is 0 Å². The maximum atomic E-state index is 12.8. The second kappa shape index (κ2) is 14.2. The zero-order valence-electron chi connectivity index (χ0n) is 21.9. The van der Waals surface area contributed by atoms with Gasteiger partial charge in [-0.2, -0.15) is 0 Å². The summed E-state index contributed by atoms with van der Waals surface area (Å²) in [6.07, 6.45) is 3.13. The van der Waals surface area contributed by atoms with Gasteiger partial charge in [0.25, 0.3) is 0 Å². The highest BCUT2D eigenvalue weighted by atomic mass is 16.5. The fourth-order valence-corrected chi connectivity index (χ4v) is 3.58. The molecule has 3 aromatic rings. The number of ether oxygens (including phenoxy) is 2. The van der Waals surface area contributed by atoms with E-state index in [2.05, 4.69) is 10.6 Å². The van der Waals surface area contributed by atoms with Crippen molar-refractivity contribution < 1.29 is 23.9 Å². The number of amides is 3. The van der Waals surface area contributed by atoms with E-state index in [1.54, 1.807) is 30.3 Å². The second-order valence-corrected chi connectivity index (χ2v) is 8.41. The highest BCUT2D eigenvalue weighted by Crippen LogP contribution is 2.30. The summed E-state index contributed by atoms with van der Waals surface area (Å²) < 4.78 is 11.7. The summed E-state index contributed by atoms with van der Waals surface area (Å²) in [5.41, 5.74) is 3.03. The monoisotopic (exact) mass is 515 g/mol. The third-order valence-electron chi connectivity index (χ3n) is 5.44. The maximum absolute atomic E-state index is 12.8. The van der Waals surface area contributed by atoms with Crippen molar-refractivity contribution in [1.29, 1.82) is 0 Å². The smallest absolute Gasteiger partial charge is 0.247 e. The SMILES string of the molecule is CCOc1cc(C=CC(=O)N(CC)CC(=O)Nc2ccc(NC(C)=O)cc2)ccc1OCc1ccccc1. The second-order valence-electron chi connectivity index (χ2n) is 8.41. The lowest BCUT2D eigenvalue weighted by Crippen LogP contribution is -2.36. The summed E-state index contributed by atoms with van der Waals surface area (Å²) in [5.74, 6) is 0.434. The molecule has 198 valence electrons. The van der Waals surface area contributed by atoms with Crippen molar-refractivity contribution in [3.8, 4) is 11.5 Å². The van der Waals surface area contributed by atoms with Gasteiger partial charge in [-0.15, -0.1) is 0 Å². The number of carbonyl (C=O) groups is 3. The first kappa shape index (κ1) is 28.0. The van der Waals surface area contributed by atoms with Crippen LogP contribution < -0.4 is 20.1 Å². The molecule has 0 fully saturated rings. The van der Waals surface area contributed by atoms with E-state index in [1.807, 2.05) is 62.4 Å². The van der Waals surface area contributed by atoms with Gasteiger partial charge >= 0.3 is 0 Å². The van der Waals surface area contributed by atoms with E-state index in [-0.39, 0.29) is 24.3 Å². The minimum atomic E-state index is -0.320. The molecule has 3 aromatic carbocycles. The first-order valence-electron chi connectivity index (χ1n) is 12.5. The molecule has 0 heterocycles. The molecule has 0 saturated heterocycles. The molecule has 0 aromatic heterocycles. The average molecular weight is 516 g/mol. The molecule has 0 aliphatic rings. The van der Waals surface area contributed by atoms with Crippen LogP contribution in [0, 0.1) is 0 Å². The number of hydrogen-bond acceptors (Lipinski definition) is 5. The highest BCUT2D eigenvalue weighted by molar-refractivity contribution is 5.98. The number of nitrogens with one attached hydrogen (secondary N) is 2. The van der Waals surface area contributed by atoms with Gasteiger partial charge in [0.05, 0.1) is 6.61 Å². The fraction of sp³-hybridized carbons (Fsp3) is 0.233. The Bertz CT molecular complexity index is 1260. The molecule has 3 amide bonds. The molecule has 0 saturated carbocycles. The number of rotatable bonds is 12. The van der Waals surface area contributed by atoms with Crippen molar-refractivity contribution in [2.24, 2.45) is 0 Å². The van der Waals surface area contributed by atoms with Crippen LogP contribution in [0.5, 0.6) is 11.5 Å². The predicted molar refractivity (Wildman–Crippen MR) is 149 cm³/mol. The van der Waals surface area contributed by atoms with E-state index in [0.29, 0.717) is 42.6 Å². The Morgan fingerprint density at radius 2 is 1.53 bits per heavy atom. The summed E-state index contributed by atoms with van der Waals surface area (Å²) in [6.45, 7) is 6.30. The zero-order valence-corrected chi connectivity index (χ0v) is 21.9. The number of anilines is 2. The highest BCUT2D eigenvalue weighted by Gasteiger charge is 2.14. The molecule has 8 heteroatoms. The minimum absolute atomic E-state index is 0.0937. The third-order valence-corrected chi connectivity index (χ3v) is 5.44. The molecule has 0 atom stereocenters. The van der Waals surface area contributed by atoms with Crippen LogP contribution >= 0.6 is 0 Å². The predicted octanol–water partition coefficient (Wildman–Crippen LogP) is 5.12. The first-order valence-corrected chi connectivity index (χ1v) is 12.5. The van der Waals surface area contributed by atoms with Gasteiger partial charge in [0, 0.05) is 30.9 Å². The Balaban J connectivity index is 1.59. The van der Waals surface area contributed by atoms with Gasteiger partial charge in [-0.1, -0.05) is 36.4 Å². The topological polar surface area (TPSA) is 97.0 Å². The zero-order chi connectivity index (χ0) is 27.3. The van der Waals surface area contributed by atoms with E-state index in [0.717, 1.165) is 11.1 Å². The van der Waals surface area contributed by atoms with E-state index in [9.17, 15) is 14.4 Å². The molecular weight excluding hydrogens is 482 g/mol. The van der Waals surface area contributed by atoms with Crippen molar-refractivity contribution in [3.63, 3.8) is 0 Å². The lowest BCUT2D eigenvalue weighted by Gasteiger charge is -2.18. The van der Waals surface area contributed by atoms with Crippen LogP contribution in [0.3, 0.4) is 0 Å². The maximum Gasteiger partial charge on any atom is 0.247 e. The van der Waals surface area contributed by atoms with Gasteiger partial charge in [-0.3, -0.25) is 14.4 Å². The van der Waals surface area contributed by atoms with Crippen molar-refractivity contribution in [2.75, 3.05) is 30.3 Å². The van der Waals surface area contributed by atoms with Crippen LogP contribution in [0.15, 0.2) is 78.9 Å². The summed E-state index contributed by atoms with van der Waals surface area (Å²) >= 11 is 0. The van der Waals surface area contributed by atoms with Gasteiger partial charge in [0.2, 0.25) is 17.7 Å². The largest absolute Gasteiger partial charge is 0.490 e. The summed E-state index contributed by atoms with van der Waals surface area (Å²) in [5, 5.41) is 5.44. The standard InChI is InChI=1S/C30H33N3O5/c1-4-33(20-29(35)32-26-15-13-25(14-16-26)31-22(3)34)30(36)18-12-23-11-17-27(28(19-23)37-5-2)38-21-24-9-7-6-8-10-24/h6-19H,4-5,20-21H2,1-3H3,(H,31,34)(H,32,35). The normalized spacial score (nSPS) is 10.6. The molecule has 0 aliphatic heterocycles. The Kier molecular flexibility index (Phi) is 10.5. The Labute approximate surface area is 223 Å². The van der Waals surface area contributed by atoms with Crippen molar-refractivity contribution in [3.05, 3.63) is 90.0 Å². The van der Waals surface area contributed by atoms with Crippen molar-refractivity contribution in [1.82, 2.24) is 4.90 Å². The van der Waals surface area contributed by atoms with Crippen LogP contribution in [0.4, 0.5) is 11.4 Å². The molecule has 0 unspecified atom stereocenters. The lowest BCUT2D eigenvalue weighted by molar-refractivity contribution is -0.130. The van der Waals surface area contributed by atoms with Gasteiger partial charge in [0.15, 0.2) is 11.5 Å². The molecule has 0 spiro atoms. The van der Waals surface area contributed by atoms with Gasteiger partial charge in [0.1, 0.15) is 13.2 Å². The Morgan fingerprint density at radius 1 is 0.842 bits per heavy atom. The first-order chi connectivity index (χ1) is 18.4. The van der Waals surface area contributed by atoms with E-state index >= 15 is 0 Å². The Morgan fingerprint density at radius 3 is 2.16 bits per heavy atom. The van der Waals surface area contributed by atoms with Gasteiger partial charge in [-0.05, 0) is 67.4 Å². The molecule has 0 radical (unpaired) electrons. The van der Waals surface area contributed by atoms with Crippen LogP contribution in [-0.4, -0.2) is 42.3 Å². The van der Waals surface area contributed by atoms with Gasteiger partial charge in [-0.25, -0.2) is 0 Å². The Hall–Kier alpha value is -4.59. The number of likely N-dealkylation sites (N-methyl/N-ethyl adjacent to an activating group) is 1. The summed E-state index contributed by atoms with van der Waals surface area (Å²) in [4.78, 5) is 37.9. The molecule has 0 aliphatic carbocycles. The van der Waals surface area contributed by atoms with Gasteiger partial charge < -0.3 is 25.0 Å². The third kappa shape index (κ3) is 8.81. The molecule has 8 nitrogen and oxygen atoms in total. The van der Waals surface area contributed by atoms with Crippen LogP contribution in [0.25, 0.3) is 6.08 Å². The molecule has 0 bridgehead atoms. The number of nitrogens with zero attached hydrogens (tertiary/aromatic N) is 1. The fourth-order valence-electron chi connectivity index (χ4n) is 3.58. The minimum Gasteiger partial charge on any atom is -0.490 e. The summed E-state index contributed by atoms with van der Waals surface area (Å²) in [6, 6.07) is 22.1. The quantitative estimate of drug-likeness (QED) is 0.326. The number of hydrogen-bond donors (Lipinski definition) is 2. The van der Waals surface area contributed by atoms with Crippen molar-refractivity contribution in [2.45, 2.75) is 27.4 Å². The van der Waals surface area contributed by atoms with Crippen LogP contribution in [0.2, 0.25) is 0 Å². The lowest BCUT2D eigenvalue weighted by atomic mass is 10.1. The van der Waals surface area contributed by atoms with Crippen molar-refractivity contribution >= 4 is 35.2 Å². The van der Waals surface area contributed by atoms with Crippen LogP contribution in [-0.2, 0) is 21.0 Å². The molecule has 2 N–H and O–H groups in total. The molecule has 38 heavy (non-hydrogen) atoms. The van der Waals surface area contributed by atoms with Crippen LogP contribution in [0.1, 0.15) is 31.9 Å². The molecular formula is C30H33N3O5. The van der Waals surface area contributed by atoms with E-state index in [4.69, 9.17) is 9.47 Å². The number of benzene rings is 3. The summed E-state index contributed by atoms with van der Waals surface area (Å²) in [7, 11) is 0. The molecule has 3 rings (SSSR count).